The van der Waals surface area contributed by atoms with Crippen LogP contribution in [0.2, 0.25) is 0 Å². The summed E-state index contributed by atoms with van der Waals surface area (Å²) < 4.78 is 2.64. The first kappa shape index (κ1) is 18.5. The maximum absolute atomic E-state index is 2.64. The smallest absolute Gasteiger partial charge is 0.192 e. The van der Waals surface area contributed by atoms with E-state index in [4.69, 9.17) is 0 Å². The highest BCUT2D eigenvalue weighted by Gasteiger charge is 2.55. The van der Waals surface area contributed by atoms with Gasteiger partial charge in [-0.1, -0.05) is 45.4 Å². The zero-order valence-electron chi connectivity index (χ0n) is 17.9. The Balaban J connectivity index is 2.21. The van der Waals surface area contributed by atoms with Gasteiger partial charge in [-0.25, -0.2) is 0 Å². The van der Waals surface area contributed by atoms with Gasteiger partial charge in [0.15, 0.2) is 11.7 Å². The zero-order valence-corrected chi connectivity index (χ0v) is 17.9. The Morgan fingerprint density at radius 3 is 2.41 bits per heavy atom. The summed E-state index contributed by atoms with van der Waals surface area (Å²) in [6.45, 7) is 14.2. The second-order valence-electron chi connectivity index (χ2n) is 9.00. The molecule has 0 bridgehead atoms. The third-order valence-electron chi connectivity index (χ3n) is 7.74. The number of benzene rings is 2. The van der Waals surface area contributed by atoms with E-state index < -0.39 is 0 Å². The average Bonchev–Trinajstić information content (AvgIpc) is 2.68. The molecular weight excluding hydrogens is 326 g/mol. The Morgan fingerprint density at radius 2 is 1.74 bits per heavy atom. The maximum Gasteiger partial charge on any atom is 0.221 e. The van der Waals surface area contributed by atoms with E-state index in [2.05, 4.69) is 82.6 Å². The Hall–Kier alpha value is -1.89. The van der Waals surface area contributed by atoms with Crippen LogP contribution in [-0.2, 0) is 17.4 Å². The molecule has 142 valence electrons. The highest BCUT2D eigenvalue weighted by molar-refractivity contribution is 6.07. The minimum atomic E-state index is 0.0816. The molecule has 1 aromatic heterocycles. The fourth-order valence-electron chi connectivity index (χ4n) is 5.55. The monoisotopic (exact) mass is 360 g/mol. The molecule has 1 aliphatic rings. The van der Waals surface area contributed by atoms with Crippen molar-refractivity contribution in [3.05, 3.63) is 53.2 Å². The standard InChI is InChI=1S/C26H34N/c1-7-10-11-19-13-15-22-23-21(19)14-12-20-16-18(4)17-27(24(20)23)26(6,9-3)25(22,5)8-2/h12-17H,7-11H2,1-6H3/q+1. The molecule has 0 aliphatic carbocycles. The van der Waals surface area contributed by atoms with Crippen LogP contribution >= 0.6 is 0 Å². The van der Waals surface area contributed by atoms with Crippen LogP contribution < -0.4 is 4.57 Å². The molecule has 0 N–H and O–H groups in total. The van der Waals surface area contributed by atoms with Crippen LogP contribution in [0.15, 0.2) is 36.5 Å². The van der Waals surface area contributed by atoms with Gasteiger partial charge in [0.25, 0.3) is 0 Å². The Morgan fingerprint density at radius 1 is 0.963 bits per heavy atom. The normalized spacial score (nSPS) is 24.2. The fourth-order valence-corrected chi connectivity index (χ4v) is 5.55. The number of unbranched alkanes of at least 4 members (excludes halogenated alkanes) is 1. The van der Waals surface area contributed by atoms with Crippen molar-refractivity contribution >= 4 is 21.7 Å². The van der Waals surface area contributed by atoms with E-state index in [0.717, 1.165) is 12.8 Å². The Labute approximate surface area is 164 Å². The summed E-state index contributed by atoms with van der Waals surface area (Å²) in [5.41, 5.74) is 6.08. The number of hydrogen-bond acceptors (Lipinski definition) is 0. The van der Waals surface area contributed by atoms with Crippen LogP contribution in [0.3, 0.4) is 0 Å². The summed E-state index contributed by atoms with van der Waals surface area (Å²) >= 11 is 0. The van der Waals surface area contributed by atoms with Gasteiger partial charge >= 0.3 is 0 Å². The molecule has 0 amide bonds. The van der Waals surface area contributed by atoms with Crippen molar-refractivity contribution in [1.82, 2.24) is 0 Å². The predicted molar refractivity (Wildman–Crippen MR) is 117 cm³/mol. The van der Waals surface area contributed by atoms with E-state index in [1.54, 1.807) is 5.56 Å². The lowest BCUT2D eigenvalue weighted by atomic mass is 9.61. The second-order valence-corrected chi connectivity index (χ2v) is 9.00. The summed E-state index contributed by atoms with van der Waals surface area (Å²) in [6.07, 6.45) is 8.37. The highest BCUT2D eigenvalue weighted by Crippen LogP contribution is 2.50. The first-order valence-electron chi connectivity index (χ1n) is 10.8. The van der Waals surface area contributed by atoms with Crippen molar-refractivity contribution in [2.24, 2.45) is 0 Å². The van der Waals surface area contributed by atoms with E-state index in [1.807, 2.05) is 0 Å². The lowest BCUT2D eigenvalue weighted by Crippen LogP contribution is -2.66. The molecule has 2 heterocycles. The zero-order chi connectivity index (χ0) is 19.4. The van der Waals surface area contributed by atoms with E-state index in [0.29, 0.717) is 0 Å². The number of nitrogens with zero attached hydrogens (tertiary/aromatic N) is 1. The lowest BCUT2D eigenvalue weighted by molar-refractivity contribution is -0.751. The van der Waals surface area contributed by atoms with Gasteiger partial charge in [0, 0.05) is 24.3 Å². The first-order chi connectivity index (χ1) is 12.9. The number of aromatic nitrogens is 1. The van der Waals surface area contributed by atoms with Crippen molar-refractivity contribution in [2.75, 3.05) is 0 Å². The van der Waals surface area contributed by atoms with Gasteiger partial charge in [-0.2, -0.15) is 4.57 Å². The van der Waals surface area contributed by atoms with Gasteiger partial charge < -0.3 is 0 Å². The molecule has 2 aromatic carbocycles. The summed E-state index contributed by atoms with van der Waals surface area (Å²) in [5.74, 6) is 0. The van der Waals surface area contributed by atoms with E-state index in [1.165, 1.54) is 52.1 Å². The van der Waals surface area contributed by atoms with Gasteiger partial charge in [0.05, 0.1) is 10.8 Å². The van der Waals surface area contributed by atoms with Crippen molar-refractivity contribution in [3.63, 3.8) is 0 Å². The molecule has 0 saturated heterocycles. The molecule has 0 spiro atoms. The third kappa shape index (κ3) is 2.33. The van der Waals surface area contributed by atoms with E-state index in [-0.39, 0.29) is 11.0 Å². The minimum Gasteiger partial charge on any atom is -0.192 e. The Bertz CT molecular complexity index is 1030. The first-order valence-corrected chi connectivity index (χ1v) is 10.8. The van der Waals surface area contributed by atoms with Crippen molar-refractivity contribution in [3.8, 4) is 0 Å². The quantitative estimate of drug-likeness (QED) is 0.350. The SMILES string of the molecule is CCCCc1ccc2c3c1ccc1cc(C)c[n+](c13)C(C)(CC)C2(C)CC. The average molecular weight is 361 g/mol. The lowest BCUT2D eigenvalue weighted by Gasteiger charge is -2.45. The molecule has 0 radical (unpaired) electrons. The molecule has 27 heavy (non-hydrogen) atoms. The molecule has 4 rings (SSSR count). The molecule has 2 unspecified atom stereocenters. The summed E-state index contributed by atoms with van der Waals surface area (Å²) in [4.78, 5) is 0. The Kier molecular flexibility index (Phi) is 4.33. The van der Waals surface area contributed by atoms with Crippen molar-refractivity contribution in [2.45, 2.75) is 84.6 Å². The van der Waals surface area contributed by atoms with Crippen LogP contribution in [0, 0.1) is 6.92 Å². The van der Waals surface area contributed by atoms with E-state index in [9.17, 15) is 0 Å². The third-order valence-corrected chi connectivity index (χ3v) is 7.74. The molecule has 0 saturated carbocycles. The number of pyridine rings is 1. The summed E-state index contributed by atoms with van der Waals surface area (Å²) in [5, 5.41) is 4.37. The van der Waals surface area contributed by atoms with Crippen molar-refractivity contribution < 1.29 is 4.57 Å². The second kappa shape index (κ2) is 6.33. The van der Waals surface area contributed by atoms with Gasteiger partial charge in [0.1, 0.15) is 0 Å². The van der Waals surface area contributed by atoms with Gasteiger partial charge in [-0.3, -0.25) is 0 Å². The number of rotatable bonds is 5. The number of hydrogen-bond donors (Lipinski definition) is 0. The van der Waals surface area contributed by atoms with Gasteiger partial charge in [-0.05, 0) is 61.8 Å². The van der Waals surface area contributed by atoms with Crippen LogP contribution in [0.1, 0.15) is 77.0 Å². The number of aryl methyl sites for hydroxylation is 2. The molecule has 0 fully saturated rings. The fraction of sp³-hybridized carbons (Fsp3) is 0.500. The van der Waals surface area contributed by atoms with Crippen LogP contribution in [0.5, 0.6) is 0 Å². The predicted octanol–water partition coefficient (Wildman–Crippen LogP) is 6.74. The van der Waals surface area contributed by atoms with Crippen LogP contribution in [0.4, 0.5) is 0 Å². The highest BCUT2D eigenvalue weighted by atomic mass is 15.1. The molecule has 1 aliphatic heterocycles. The molecular formula is C26H34N+. The van der Waals surface area contributed by atoms with Crippen molar-refractivity contribution in [1.29, 1.82) is 0 Å². The minimum absolute atomic E-state index is 0.0816. The van der Waals surface area contributed by atoms with Crippen LogP contribution in [-0.4, -0.2) is 0 Å². The summed E-state index contributed by atoms with van der Waals surface area (Å²) in [7, 11) is 0. The van der Waals surface area contributed by atoms with Crippen LogP contribution in [0.25, 0.3) is 21.7 Å². The maximum atomic E-state index is 2.64. The molecule has 2 atom stereocenters. The van der Waals surface area contributed by atoms with E-state index >= 15 is 0 Å². The molecule has 1 heteroatoms. The van der Waals surface area contributed by atoms with Gasteiger partial charge in [-0.15, -0.1) is 0 Å². The largest absolute Gasteiger partial charge is 0.221 e. The summed E-state index contributed by atoms with van der Waals surface area (Å²) in [6, 6.07) is 12.0. The van der Waals surface area contributed by atoms with Gasteiger partial charge in [0.2, 0.25) is 5.52 Å². The molecule has 3 aromatic rings. The topological polar surface area (TPSA) is 3.88 Å². The molecule has 1 nitrogen and oxygen atoms in total.